The van der Waals surface area contributed by atoms with Gasteiger partial charge >= 0.3 is 0 Å². The van der Waals surface area contributed by atoms with Gasteiger partial charge in [0.05, 0.1) is 22.9 Å². The number of aromatic nitrogens is 2. The van der Waals surface area contributed by atoms with Crippen LogP contribution in [-0.2, 0) is 0 Å². The smallest absolute Gasteiger partial charge is 0.141 e. The molecule has 1 aromatic heterocycles. The van der Waals surface area contributed by atoms with Gasteiger partial charge < -0.3 is 4.57 Å². The number of fused-ring (bicyclic) bond motifs is 1. The Hall–Kier alpha value is -1.82. The van der Waals surface area contributed by atoms with E-state index in [1.54, 1.807) is 12.4 Å². The lowest BCUT2D eigenvalue weighted by atomic mass is 10.2. The molecule has 0 N–H and O–H groups in total. The second-order valence-electron chi connectivity index (χ2n) is 3.85. The molecule has 3 heteroatoms. The van der Waals surface area contributed by atoms with Gasteiger partial charge in [0, 0.05) is 12.1 Å². The summed E-state index contributed by atoms with van der Waals surface area (Å²) in [6, 6.07) is 3.62. The Morgan fingerprint density at radius 1 is 1.47 bits per heavy atom. The minimum atomic E-state index is -0.340. The molecule has 74 valence electrons. The lowest BCUT2D eigenvalue weighted by Crippen LogP contribution is -1.92. The Labute approximate surface area is 86.7 Å². The summed E-state index contributed by atoms with van der Waals surface area (Å²) in [6.45, 7) is 0. The van der Waals surface area contributed by atoms with E-state index in [4.69, 9.17) is 6.42 Å². The van der Waals surface area contributed by atoms with E-state index >= 15 is 0 Å². The summed E-state index contributed by atoms with van der Waals surface area (Å²) in [4.78, 5) is 4.23. The first kappa shape index (κ1) is 8.49. The number of hydrogen-bond acceptors (Lipinski definition) is 1. The van der Waals surface area contributed by atoms with E-state index in [1.807, 2.05) is 4.57 Å². The molecule has 15 heavy (non-hydrogen) atoms. The van der Waals surface area contributed by atoms with Crippen molar-refractivity contribution in [3.63, 3.8) is 0 Å². The van der Waals surface area contributed by atoms with Crippen LogP contribution in [0.5, 0.6) is 0 Å². The van der Waals surface area contributed by atoms with Gasteiger partial charge in [0.25, 0.3) is 0 Å². The van der Waals surface area contributed by atoms with Crippen molar-refractivity contribution in [3.05, 3.63) is 29.8 Å². The van der Waals surface area contributed by atoms with E-state index in [9.17, 15) is 4.39 Å². The second kappa shape index (κ2) is 2.83. The molecule has 0 aliphatic heterocycles. The number of halogens is 1. The standard InChI is InChI=1S/C12H9FN2/c1-2-8-5-11-12(6-10(8)13)15(7-14-11)9-3-4-9/h1,5-7,9H,3-4H2. The maximum atomic E-state index is 13.5. The third-order valence-corrected chi connectivity index (χ3v) is 2.76. The monoisotopic (exact) mass is 200 g/mol. The van der Waals surface area contributed by atoms with Gasteiger partial charge in [0.15, 0.2) is 0 Å². The van der Waals surface area contributed by atoms with Crippen LogP contribution in [-0.4, -0.2) is 9.55 Å². The molecule has 1 saturated carbocycles. The molecule has 0 radical (unpaired) electrons. The zero-order valence-electron chi connectivity index (χ0n) is 8.07. The molecule has 0 atom stereocenters. The predicted molar refractivity (Wildman–Crippen MR) is 55.9 cm³/mol. The highest BCUT2D eigenvalue weighted by atomic mass is 19.1. The zero-order valence-corrected chi connectivity index (χ0v) is 8.07. The fraction of sp³-hybridized carbons (Fsp3) is 0.250. The molecule has 0 unspecified atom stereocenters. The van der Waals surface area contributed by atoms with Crippen molar-refractivity contribution in [3.8, 4) is 12.3 Å². The van der Waals surface area contributed by atoms with Crippen LogP contribution in [0.15, 0.2) is 18.5 Å². The van der Waals surface area contributed by atoms with Crippen molar-refractivity contribution < 1.29 is 4.39 Å². The van der Waals surface area contributed by atoms with Crippen molar-refractivity contribution in [2.45, 2.75) is 18.9 Å². The minimum Gasteiger partial charge on any atom is -0.327 e. The normalized spacial score (nSPS) is 15.5. The number of rotatable bonds is 1. The van der Waals surface area contributed by atoms with Gasteiger partial charge in [-0.2, -0.15) is 0 Å². The predicted octanol–water partition coefficient (Wildman–Crippen LogP) is 2.49. The number of hydrogen-bond donors (Lipinski definition) is 0. The average molecular weight is 200 g/mol. The molecule has 1 heterocycles. The molecular formula is C12H9FN2. The highest BCUT2D eigenvalue weighted by molar-refractivity contribution is 5.77. The topological polar surface area (TPSA) is 17.8 Å². The van der Waals surface area contributed by atoms with Gasteiger partial charge in [-0.05, 0) is 18.9 Å². The molecule has 1 aromatic carbocycles. The van der Waals surface area contributed by atoms with Crippen LogP contribution in [0.2, 0.25) is 0 Å². The molecule has 0 spiro atoms. The summed E-state index contributed by atoms with van der Waals surface area (Å²) in [7, 11) is 0. The van der Waals surface area contributed by atoms with Gasteiger partial charge in [-0.15, -0.1) is 6.42 Å². The molecule has 2 aromatic rings. The first-order chi connectivity index (χ1) is 7.29. The molecule has 0 amide bonds. The Balaban J connectivity index is 2.28. The van der Waals surface area contributed by atoms with Crippen molar-refractivity contribution in [1.82, 2.24) is 9.55 Å². The van der Waals surface area contributed by atoms with Crippen LogP contribution in [0.1, 0.15) is 24.4 Å². The van der Waals surface area contributed by atoms with Crippen LogP contribution in [0, 0.1) is 18.2 Å². The fourth-order valence-electron chi connectivity index (χ4n) is 1.80. The molecule has 1 aliphatic carbocycles. The van der Waals surface area contributed by atoms with E-state index in [0.29, 0.717) is 6.04 Å². The molecule has 3 rings (SSSR count). The Kier molecular flexibility index (Phi) is 1.60. The highest BCUT2D eigenvalue weighted by Gasteiger charge is 2.25. The lowest BCUT2D eigenvalue weighted by molar-refractivity contribution is 0.624. The third kappa shape index (κ3) is 1.22. The van der Waals surface area contributed by atoms with Crippen LogP contribution >= 0.6 is 0 Å². The number of nitrogens with zero attached hydrogens (tertiary/aromatic N) is 2. The molecular weight excluding hydrogens is 191 g/mol. The van der Waals surface area contributed by atoms with Crippen LogP contribution in [0.3, 0.4) is 0 Å². The maximum absolute atomic E-state index is 13.5. The van der Waals surface area contributed by atoms with Crippen LogP contribution < -0.4 is 0 Å². The van der Waals surface area contributed by atoms with Crippen LogP contribution in [0.25, 0.3) is 11.0 Å². The van der Waals surface area contributed by atoms with Crippen molar-refractivity contribution in [1.29, 1.82) is 0 Å². The summed E-state index contributed by atoms with van der Waals surface area (Å²) < 4.78 is 15.5. The van der Waals surface area contributed by atoms with Crippen molar-refractivity contribution >= 4 is 11.0 Å². The molecule has 1 aliphatic rings. The Morgan fingerprint density at radius 2 is 2.27 bits per heavy atom. The molecule has 1 fully saturated rings. The van der Waals surface area contributed by atoms with Gasteiger partial charge in [-0.25, -0.2) is 9.37 Å². The Bertz CT molecular complexity index is 573. The largest absolute Gasteiger partial charge is 0.327 e. The number of benzene rings is 1. The fourth-order valence-corrected chi connectivity index (χ4v) is 1.80. The third-order valence-electron chi connectivity index (χ3n) is 2.76. The first-order valence-corrected chi connectivity index (χ1v) is 4.92. The quantitative estimate of drug-likeness (QED) is 0.647. The Morgan fingerprint density at radius 3 is 2.93 bits per heavy atom. The highest BCUT2D eigenvalue weighted by Crippen LogP contribution is 2.37. The summed E-state index contributed by atoms with van der Waals surface area (Å²) in [5, 5.41) is 0. The van der Waals surface area contributed by atoms with Gasteiger partial charge in [-0.1, -0.05) is 5.92 Å². The lowest BCUT2D eigenvalue weighted by Gasteiger charge is -2.01. The SMILES string of the molecule is C#Cc1cc2ncn(C3CC3)c2cc1F. The van der Waals surface area contributed by atoms with Gasteiger partial charge in [0.1, 0.15) is 5.82 Å². The van der Waals surface area contributed by atoms with Gasteiger partial charge in [0.2, 0.25) is 0 Å². The summed E-state index contributed by atoms with van der Waals surface area (Å²) >= 11 is 0. The molecule has 0 bridgehead atoms. The van der Waals surface area contributed by atoms with E-state index in [-0.39, 0.29) is 11.4 Å². The molecule has 2 nitrogen and oxygen atoms in total. The number of imidazole rings is 1. The van der Waals surface area contributed by atoms with Gasteiger partial charge in [-0.3, -0.25) is 0 Å². The van der Waals surface area contributed by atoms with Crippen molar-refractivity contribution in [2.75, 3.05) is 0 Å². The summed E-state index contributed by atoms with van der Waals surface area (Å²) in [6.07, 6.45) is 9.28. The number of terminal acetylenes is 1. The summed E-state index contributed by atoms with van der Waals surface area (Å²) in [5.74, 6) is 1.98. The first-order valence-electron chi connectivity index (χ1n) is 4.92. The zero-order chi connectivity index (χ0) is 10.4. The average Bonchev–Trinajstić information content (AvgIpc) is 2.99. The van der Waals surface area contributed by atoms with E-state index in [1.165, 1.54) is 6.07 Å². The molecule has 0 saturated heterocycles. The maximum Gasteiger partial charge on any atom is 0.141 e. The van der Waals surface area contributed by atoms with E-state index < -0.39 is 0 Å². The minimum absolute atomic E-state index is 0.281. The second-order valence-corrected chi connectivity index (χ2v) is 3.85. The van der Waals surface area contributed by atoms with Crippen molar-refractivity contribution in [2.24, 2.45) is 0 Å². The van der Waals surface area contributed by atoms with E-state index in [2.05, 4.69) is 10.9 Å². The summed E-state index contributed by atoms with van der Waals surface area (Å²) in [5.41, 5.74) is 1.90. The van der Waals surface area contributed by atoms with E-state index in [0.717, 1.165) is 23.9 Å². The van der Waals surface area contributed by atoms with Crippen LogP contribution in [0.4, 0.5) is 4.39 Å².